The van der Waals surface area contributed by atoms with E-state index in [1.165, 1.54) is 0 Å². The number of cyclic esters (lactones) is 1. The zero-order chi connectivity index (χ0) is 9.97. The molecule has 1 aliphatic heterocycles. The highest BCUT2D eigenvalue weighted by Gasteiger charge is 2.24. The largest absolute Gasteiger partial charge is 0.459 e. The number of rotatable bonds is 1. The van der Waals surface area contributed by atoms with Gasteiger partial charge in [-0.3, -0.25) is 0 Å². The number of ether oxygens (including phenoxy) is 1. The summed E-state index contributed by atoms with van der Waals surface area (Å²) in [6.07, 6.45) is 2.64. The zero-order valence-corrected chi connectivity index (χ0v) is 8.07. The molecule has 0 N–H and O–H groups in total. The first kappa shape index (κ1) is 9.00. The fourth-order valence-electron chi connectivity index (χ4n) is 1.56. The van der Waals surface area contributed by atoms with Crippen molar-refractivity contribution in [2.24, 2.45) is 0 Å². The van der Waals surface area contributed by atoms with Crippen molar-refractivity contribution in [1.82, 2.24) is 0 Å². The molecule has 1 fully saturated rings. The fraction of sp³-hybridized carbons (Fsp3) is 0.250. The van der Waals surface area contributed by atoms with Gasteiger partial charge in [-0.05, 0) is 18.6 Å². The molecule has 1 aromatic rings. The van der Waals surface area contributed by atoms with E-state index in [2.05, 4.69) is 0 Å². The fourth-order valence-corrected chi connectivity index (χ4v) is 1.56. The van der Waals surface area contributed by atoms with Crippen LogP contribution in [0.5, 0.6) is 0 Å². The lowest BCUT2D eigenvalue weighted by molar-refractivity contribution is -0.138. The molecule has 0 aromatic heterocycles. The molecule has 1 aromatic carbocycles. The Morgan fingerprint density at radius 3 is 2.64 bits per heavy atom. The summed E-state index contributed by atoms with van der Waals surface area (Å²) in [5.41, 5.74) is 1.82. The van der Waals surface area contributed by atoms with Crippen molar-refractivity contribution >= 4 is 12.0 Å². The summed E-state index contributed by atoms with van der Waals surface area (Å²) in [5, 5.41) is 0. The predicted octanol–water partition coefficient (Wildman–Crippen LogP) is 2.41. The molecule has 0 spiro atoms. The van der Waals surface area contributed by atoms with Crippen LogP contribution in [0.3, 0.4) is 0 Å². The molecule has 0 bridgehead atoms. The highest BCUT2D eigenvalue weighted by atomic mass is 16.5. The number of carbonyl (C=O) groups is 1. The van der Waals surface area contributed by atoms with E-state index in [9.17, 15) is 4.79 Å². The Balaban J connectivity index is 2.23. The highest BCUT2D eigenvalue weighted by Crippen LogP contribution is 2.22. The second-order valence-electron chi connectivity index (χ2n) is 3.50. The molecule has 14 heavy (non-hydrogen) atoms. The van der Waals surface area contributed by atoms with Gasteiger partial charge < -0.3 is 4.74 Å². The van der Waals surface area contributed by atoms with Gasteiger partial charge in [-0.25, -0.2) is 4.79 Å². The van der Waals surface area contributed by atoms with E-state index < -0.39 is 0 Å². The zero-order valence-electron chi connectivity index (χ0n) is 8.07. The summed E-state index contributed by atoms with van der Waals surface area (Å²) in [5.74, 6) is -0.179. The van der Waals surface area contributed by atoms with E-state index in [4.69, 9.17) is 4.74 Å². The molecule has 1 unspecified atom stereocenters. The summed E-state index contributed by atoms with van der Waals surface area (Å²) >= 11 is 0. The smallest absolute Gasteiger partial charge is 0.334 e. The first-order chi connectivity index (χ1) is 6.75. The second kappa shape index (κ2) is 3.66. The lowest BCUT2D eigenvalue weighted by Crippen LogP contribution is -1.99. The maximum absolute atomic E-state index is 11.3. The van der Waals surface area contributed by atoms with E-state index in [0.717, 1.165) is 11.1 Å². The van der Waals surface area contributed by atoms with Crippen molar-refractivity contribution < 1.29 is 9.53 Å². The van der Waals surface area contributed by atoms with Gasteiger partial charge in [-0.2, -0.15) is 0 Å². The lowest BCUT2D eigenvalue weighted by atomic mass is 10.1. The molecule has 0 amide bonds. The second-order valence-corrected chi connectivity index (χ2v) is 3.50. The van der Waals surface area contributed by atoms with E-state index in [1.54, 1.807) is 0 Å². The third-order valence-corrected chi connectivity index (χ3v) is 2.22. The van der Waals surface area contributed by atoms with Gasteiger partial charge in [-0.15, -0.1) is 0 Å². The van der Waals surface area contributed by atoms with Crippen LogP contribution in [0.25, 0.3) is 6.08 Å². The monoisotopic (exact) mass is 188 g/mol. The van der Waals surface area contributed by atoms with E-state index in [-0.39, 0.29) is 12.1 Å². The molecule has 0 radical (unpaired) electrons. The van der Waals surface area contributed by atoms with Crippen molar-refractivity contribution in [1.29, 1.82) is 0 Å². The van der Waals surface area contributed by atoms with Crippen molar-refractivity contribution in [3.05, 3.63) is 41.5 Å². The van der Waals surface area contributed by atoms with Crippen molar-refractivity contribution in [3.8, 4) is 0 Å². The third-order valence-electron chi connectivity index (χ3n) is 2.22. The van der Waals surface area contributed by atoms with Crippen LogP contribution in [0.2, 0.25) is 0 Å². The molecule has 0 saturated carbocycles. The Morgan fingerprint density at radius 2 is 2.07 bits per heavy atom. The van der Waals surface area contributed by atoms with Gasteiger partial charge in [0, 0.05) is 12.0 Å². The van der Waals surface area contributed by atoms with Crippen molar-refractivity contribution in [2.45, 2.75) is 19.4 Å². The summed E-state index contributed by atoms with van der Waals surface area (Å²) in [7, 11) is 0. The summed E-state index contributed by atoms with van der Waals surface area (Å²) in [6.45, 7) is 1.91. The van der Waals surface area contributed by atoms with Crippen molar-refractivity contribution in [2.75, 3.05) is 0 Å². The van der Waals surface area contributed by atoms with Crippen LogP contribution in [-0.2, 0) is 9.53 Å². The van der Waals surface area contributed by atoms with Crippen molar-refractivity contribution in [3.63, 3.8) is 0 Å². The Bertz CT molecular complexity index is 365. The lowest BCUT2D eigenvalue weighted by Gasteiger charge is -1.94. The molecule has 1 aliphatic rings. The molecule has 1 atom stereocenters. The first-order valence-corrected chi connectivity index (χ1v) is 4.72. The maximum Gasteiger partial charge on any atom is 0.334 e. The molecule has 2 nitrogen and oxygen atoms in total. The Hall–Kier alpha value is -1.57. The number of hydrogen-bond donors (Lipinski definition) is 0. The quantitative estimate of drug-likeness (QED) is 0.499. The van der Waals surface area contributed by atoms with Gasteiger partial charge in [0.2, 0.25) is 0 Å². The number of hydrogen-bond acceptors (Lipinski definition) is 2. The van der Waals surface area contributed by atoms with Crippen LogP contribution in [-0.4, -0.2) is 12.1 Å². The van der Waals surface area contributed by atoms with Gasteiger partial charge in [-0.1, -0.05) is 30.3 Å². The molecular weight excluding hydrogens is 176 g/mol. The molecule has 2 rings (SSSR count). The normalized spacial score (nSPS) is 23.9. The molecule has 2 heteroatoms. The van der Waals surface area contributed by atoms with E-state index in [0.29, 0.717) is 6.42 Å². The predicted molar refractivity (Wildman–Crippen MR) is 54.6 cm³/mol. The van der Waals surface area contributed by atoms with E-state index in [1.807, 2.05) is 43.3 Å². The van der Waals surface area contributed by atoms with Gasteiger partial charge in [0.15, 0.2) is 0 Å². The number of esters is 1. The van der Waals surface area contributed by atoms with Gasteiger partial charge in [0.1, 0.15) is 6.10 Å². The first-order valence-electron chi connectivity index (χ1n) is 4.72. The molecular formula is C12H12O2. The minimum absolute atomic E-state index is 0.0254. The summed E-state index contributed by atoms with van der Waals surface area (Å²) in [4.78, 5) is 11.3. The van der Waals surface area contributed by atoms with E-state index >= 15 is 0 Å². The third kappa shape index (κ3) is 1.84. The average molecular weight is 188 g/mol. The van der Waals surface area contributed by atoms with Gasteiger partial charge >= 0.3 is 5.97 Å². The topological polar surface area (TPSA) is 26.3 Å². The maximum atomic E-state index is 11.3. The van der Waals surface area contributed by atoms with Gasteiger partial charge in [0.05, 0.1) is 0 Å². The Kier molecular flexibility index (Phi) is 2.35. The molecule has 1 heterocycles. The van der Waals surface area contributed by atoms with Crippen LogP contribution >= 0.6 is 0 Å². The van der Waals surface area contributed by atoms with Crippen LogP contribution < -0.4 is 0 Å². The SMILES string of the molecule is CC1CC(=Cc2ccccc2)C(=O)O1. The molecule has 1 saturated heterocycles. The molecule has 72 valence electrons. The Morgan fingerprint density at radius 1 is 1.36 bits per heavy atom. The molecule has 0 aliphatic carbocycles. The highest BCUT2D eigenvalue weighted by molar-refractivity contribution is 5.95. The summed E-state index contributed by atoms with van der Waals surface area (Å²) < 4.78 is 5.04. The van der Waals surface area contributed by atoms with Crippen LogP contribution in [0.1, 0.15) is 18.9 Å². The number of carbonyl (C=O) groups excluding carboxylic acids is 1. The van der Waals surface area contributed by atoms with Gasteiger partial charge in [0.25, 0.3) is 0 Å². The Labute approximate surface area is 83.2 Å². The van der Waals surface area contributed by atoms with Crippen LogP contribution in [0.15, 0.2) is 35.9 Å². The summed E-state index contributed by atoms with van der Waals surface area (Å²) in [6, 6.07) is 9.82. The standard InChI is InChI=1S/C12H12O2/c1-9-7-11(12(13)14-9)8-10-5-3-2-4-6-10/h2-6,8-9H,7H2,1H3. The average Bonchev–Trinajstić information content (AvgIpc) is 2.47. The van der Waals surface area contributed by atoms with Crippen LogP contribution in [0, 0.1) is 0 Å². The number of benzene rings is 1. The minimum atomic E-state index is -0.179. The minimum Gasteiger partial charge on any atom is -0.459 e. The van der Waals surface area contributed by atoms with Crippen LogP contribution in [0.4, 0.5) is 0 Å².